The zero-order valence-corrected chi connectivity index (χ0v) is 17.6. The Morgan fingerprint density at radius 3 is 1.67 bits per heavy atom. The van der Waals surface area contributed by atoms with Crippen LogP contribution in [0.1, 0.15) is 12.8 Å². The van der Waals surface area contributed by atoms with E-state index in [2.05, 4.69) is 0 Å². The molecule has 12 heteroatoms. The summed E-state index contributed by atoms with van der Waals surface area (Å²) in [4.78, 5) is 20.2. The van der Waals surface area contributed by atoms with Gasteiger partial charge in [0.25, 0.3) is 0 Å². The molecule has 4 rings (SSSR count). The van der Waals surface area contributed by atoms with Crippen LogP contribution < -0.4 is 37.6 Å². The first kappa shape index (κ1) is 21.4. The third kappa shape index (κ3) is 5.07. The highest BCUT2D eigenvalue weighted by molar-refractivity contribution is 5.47. The number of nitrogens with zero attached hydrogens (tertiary/aromatic N) is 6. The molecule has 0 amide bonds. The van der Waals surface area contributed by atoms with E-state index in [4.69, 9.17) is 47.4 Å². The van der Waals surface area contributed by atoms with Crippen LogP contribution in [0.4, 0.5) is 17.8 Å². The first-order valence-electron chi connectivity index (χ1n) is 10.6. The third-order valence-corrected chi connectivity index (χ3v) is 5.65. The van der Waals surface area contributed by atoms with E-state index in [9.17, 15) is 0 Å². The zero-order chi connectivity index (χ0) is 21.3. The lowest BCUT2D eigenvalue weighted by Crippen LogP contribution is -2.54. The number of ether oxygens (including phenoxy) is 2. The van der Waals surface area contributed by atoms with Crippen molar-refractivity contribution in [2.75, 3.05) is 67.7 Å². The second-order valence-corrected chi connectivity index (χ2v) is 8.61. The Hall–Kier alpha value is -1.83. The van der Waals surface area contributed by atoms with Crippen molar-refractivity contribution < 1.29 is 9.47 Å². The number of hydrogen-bond acceptors (Lipinski definition) is 12. The van der Waals surface area contributed by atoms with Gasteiger partial charge in [-0.05, 0) is 12.8 Å². The largest absolute Gasteiger partial charge is 0.348 e. The molecule has 0 bridgehead atoms. The van der Waals surface area contributed by atoms with Crippen molar-refractivity contribution in [1.82, 2.24) is 15.0 Å². The summed E-state index contributed by atoms with van der Waals surface area (Å²) in [7, 11) is 1.91. The Labute approximate surface area is 176 Å². The van der Waals surface area contributed by atoms with Crippen LogP contribution in [0.5, 0.6) is 0 Å². The molecule has 3 aliphatic heterocycles. The zero-order valence-electron chi connectivity index (χ0n) is 17.6. The van der Waals surface area contributed by atoms with E-state index in [0.29, 0.717) is 63.8 Å². The van der Waals surface area contributed by atoms with Crippen molar-refractivity contribution in [3.63, 3.8) is 0 Å². The van der Waals surface area contributed by atoms with Gasteiger partial charge in [-0.25, -0.2) is 0 Å². The van der Waals surface area contributed by atoms with Crippen molar-refractivity contribution in [1.29, 1.82) is 0 Å². The van der Waals surface area contributed by atoms with Gasteiger partial charge in [-0.1, -0.05) is 0 Å². The molecule has 0 unspecified atom stereocenters. The second kappa shape index (κ2) is 9.12. The summed E-state index contributed by atoms with van der Waals surface area (Å²) in [6, 6.07) is -0.0842. The molecule has 3 fully saturated rings. The standard InChI is InChI=1S/C18H34N10O2/c1-26(10-15-29-2-3-30-15)16-23-17(27-6-11(19)4-12(20)7-27)25-18(24-16)28-8-13(21)5-14(22)9-28/h11-15H,2-10,19-22H2,1H3/t11-,12+,13-,14+. The predicted octanol–water partition coefficient (Wildman–Crippen LogP) is -2.59. The lowest BCUT2D eigenvalue weighted by atomic mass is 10.0. The number of rotatable bonds is 5. The molecule has 0 aromatic carbocycles. The van der Waals surface area contributed by atoms with Gasteiger partial charge in [-0.2, -0.15) is 15.0 Å². The predicted molar refractivity (Wildman–Crippen MR) is 114 cm³/mol. The third-order valence-electron chi connectivity index (χ3n) is 5.65. The average molecular weight is 423 g/mol. The highest BCUT2D eigenvalue weighted by Gasteiger charge is 2.29. The van der Waals surface area contributed by atoms with Crippen LogP contribution in [0.3, 0.4) is 0 Å². The Balaban J connectivity index is 1.62. The molecule has 8 N–H and O–H groups in total. The molecule has 1 aromatic heterocycles. The summed E-state index contributed by atoms with van der Waals surface area (Å²) in [6.45, 7) is 4.30. The van der Waals surface area contributed by atoms with Crippen LogP contribution in [0.15, 0.2) is 0 Å². The maximum absolute atomic E-state index is 6.20. The smallest absolute Gasteiger partial charge is 0.232 e. The molecule has 3 saturated heterocycles. The molecular weight excluding hydrogens is 388 g/mol. The van der Waals surface area contributed by atoms with Gasteiger partial charge in [0, 0.05) is 57.4 Å². The maximum atomic E-state index is 6.20. The van der Waals surface area contributed by atoms with Gasteiger partial charge in [-0.3, -0.25) is 0 Å². The van der Waals surface area contributed by atoms with Crippen LogP contribution in [0.2, 0.25) is 0 Å². The molecule has 30 heavy (non-hydrogen) atoms. The van der Waals surface area contributed by atoms with Crippen LogP contribution in [0.25, 0.3) is 0 Å². The van der Waals surface area contributed by atoms with Crippen molar-refractivity contribution in [2.24, 2.45) is 22.9 Å². The van der Waals surface area contributed by atoms with E-state index in [-0.39, 0.29) is 30.5 Å². The van der Waals surface area contributed by atoms with Gasteiger partial charge >= 0.3 is 0 Å². The minimum Gasteiger partial charge on any atom is -0.348 e. The normalized spacial score (nSPS) is 30.7. The Morgan fingerprint density at radius 1 is 0.800 bits per heavy atom. The molecule has 3 aliphatic rings. The Kier molecular flexibility index (Phi) is 6.51. The number of piperidine rings is 2. The van der Waals surface area contributed by atoms with E-state index >= 15 is 0 Å². The lowest BCUT2D eigenvalue weighted by Gasteiger charge is -2.37. The van der Waals surface area contributed by atoms with Crippen LogP contribution in [0, 0.1) is 0 Å². The fourth-order valence-electron chi connectivity index (χ4n) is 4.30. The van der Waals surface area contributed by atoms with Crippen molar-refractivity contribution in [3.8, 4) is 0 Å². The first-order valence-corrected chi connectivity index (χ1v) is 10.6. The summed E-state index contributed by atoms with van der Waals surface area (Å²) in [6.07, 6.45) is 1.27. The molecule has 0 spiro atoms. The first-order chi connectivity index (χ1) is 14.4. The SMILES string of the molecule is CN(CC1OCCO1)c1nc(N2C[C@H](N)C[C@H](N)C2)nc(N2C[C@H](N)C[C@H](N)C2)n1. The second-order valence-electron chi connectivity index (χ2n) is 8.61. The van der Waals surface area contributed by atoms with E-state index in [1.807, 2.05) is 21.7 Å². The average Bonchev–Trinajstić information content (AvgIpc) is 3.19. The van der Waals surface area contributed by atoms with Gasteiger partial charge in [0.05, 0.1) is 19.8 Å². The van der Waals surface area contributed by atoms with E-state index in [1.54, 1.807) is 0 Å². The van der Waals surface area contributed by atoms with Crippen LogP contribution >= 0.6 is 0 Å². The van der Waals surface area contributed by atoms with Gasteiger partial charge < -0.3 is 47.1 Å². The number of nitrogens with two attached hydrogens (primary N) is 4. The molecule has 0 aliphatic carbocycles. The van der Waals surface area contributed by atoms with E-state index in [1.165, 1.54) is 0 Å². The molecule has 4 atom stereocenters. The van der Waals surface area contributed by atoms with E-state index in [0.717, 1.165) is 12.8 Å². The topological polar surface area (TPSA) is 171 Å². The highest BCUT2D eigenvalue weighted by atomic mass is 16.7. The summed E-state index contributed by atoms with van der Waals surface area (Å²) in [5.41, 5.74) is 24.8. The summed E-state index contributed by atoms with van der Waals surface area (Å²) in [5, 5.41) is 0. The molecule has 12 nitrogen and oxygen atoms in total. The monoisotopic (exact) mass is 422 g/mol. The Bertz CT molecular complexity index is 654. The highest BCUT2D eigenvalue weighted by Crippen LogP contribution is 2.23. The van der Waals surface area contributed by atoms with Crippen molar-refractivity contribution in [2.45, 2.75) is 43.3 Å². The van der Waals surface area contributed by atoms with Gasteiger partial charge in [-0.15, -0.1) is 0 Å². The summed E-state index contributed by atoms with van der Waals surface area (Å²) >= 11 is 0. The molecular formula is C18H34N10O2. The fourth-order valence-corrected chi connectivity index (χ4v) is 4.30. The molecule has 4 heterocycles. The van der Waals surface area contributed by atoms with Gasteiger partial charge in [0.1, 0.15) is 0 Å². The lowest BCUT2D eigenvalue weighted by molar-refractivity contribution is -0.0338. The van der Waals surface area contributed by atoms with Gasteiger partial charge in [0.15, 0.2) is 6.29 Å². The number of hydrogen-bond donors (Lipinski definition) is 4. The van der Waals surface area contributed by atoms with Crippen molar-refractivity contribution >= 4 is 17.8 Å². The molecule has 1 aromatic rings. The van der Waals surface area contributed by atoms with E-state index < -0.39 is 0 Å². The molecule has 168 valence electrons. The number of anilines is 3. The number of aromatic nitrogens is 3. The van der Waals surface area contributed by atoms with Crippen molar-refractivity contribution in [3.05, 3.63) is 0 Å². The van der Waals surface area contributed by atoms with Crippen LogP contribution in [-0.2, 0) is 9.47 Å². The quantitative estimate of drug-likeness (QED) is 0.391. The number of likely N-dealkylation sites (N-methyl/N-ethyl adjacent to an activating group) is 1. The fraction of sp³-hybridized carbons (Fsp3) is 0.833. The summed E-state index contributed by atoms with van der Waals surface area (Å²) < 4.78 is 11.1. The maximum Gasteiger partial charge on any atom is 0.232 e. The minimum atomic E-state index is -0.299. The minimum absolute atomic E-state index is 0.0211. The Morgan fingerprint density at radius 2 is 1.23 bits per heavy atom. The summed E-state index contributed by atoms with van der Waals surface area (Å²) in [5.74, 6) is 1.66. The van der Waals surface area contributed by atoms with Crippen LogP contribution in [-0.4, -0.2) is 98.4 Å². The molecule has 0 radical (unpaired) electrons. The molecule has 0 saturated carbocycles. The van der Waals surface area contributed by atoms with Gasteiger partial charge in [0.2, 0.25) is 17.8 Å².